The number of nitrogens with zero attached hydrogens (tertiary/aromatic N) is 5. The summed E-state index contributed by atoms with van der Waals surface area (Å²) in [4.78, 5) is 40.6. The lowest BCUT2D eigenvalue weighted by Crippen LogP contribution is -2.52. The molecule has 0 atom stereocenters. The van der Waals surface area contributed by atoms with Crippen LogP contribution in [0.25, 0.3) is 17.1 Å². The van der Waals surface area contributed by atoms with Crippen LogP contribution in [0.1, 0.15) is 59.4 Å². The van der Waals surface area contributed by atoms with Gasteiger partial charge in [-0.1, -0.05) is 60.1 Å². The number of hydrogen-bond donors (Lipinski definition) is 0. The van der Waals surface area contributed by atoms with Crippen LogP contribution in [-0.2, 0) is 0 Å². The third-order valence-corrected chi connectivity index (χ3v) is 6.54. The van der Waals surface area contributed by atoms with Gasteiger partial charge >= 0.3 is 17.1 Å². The first kappa shape index (κ1) is 31.2. The molecule has 4 aromatic rings. The predicted molar refractivity (Wildman–Crippen MR) is 160 cm³/mol. The molecule has 0 aliphatic carbocycles. The van der Waals surface area contributed by atoms with Crippen LogP contribution in [0.3, 0.4) is 0 Å². The maximum atomic E-state index is 13.5. The molecule has 0 saturated heterocycles. The highest BCUT2D eigenvalue weighted by Gasteiger charge is 2.20. The van der Waals surface area contributed by atoms with Gasteiger partial charge < -0.3 is 9.47 Å². The van der Waals surface area contributed by atoms with Crippen molar-refractivity contribution in [1.29, 1.82) is 10.5 Å². The van der Waals surface area contributed by atoms with Crippen molar-refractivity contribution < 1.29 is 9.47 Å². The van der Waals surface area contributed by atoms with Gasteiger partial charge in [-0.25, -0.2) is 28.1 Å². The summed E-state index contributed by atoms with van der Waals surface area (Å²) in [5.74, 6) is 0.685. The Morgan fingerprint density at radius 2 is 0.929 bits per heavy atom. The standard InChI is InChI=1S/C26H19N5O5.C6H14/c1-17(2)18-3-5-19(6-4-18)29-24(32)30(20-7-11-22(12-8-20)35-15-27)26(34)31(25(29)33)21-9-13-23(14-10-21)36-16-28;1-5-6(2,3)4/h3-14,17H,1-2H3;5H2,1-4H3. The molecule has 0 aliphatic rings. The third-order valence-electron chi connectivity index (χ3n) is 6.54. The first-order valence-corrected chi connectivity index (χ1v) is 13.4. The number of aromatic nitrogens is 3. The van der Waals surface area contributed by atoms with Crippen molar-refractivity contribution in [3.63, 3.8) is 0 Å². The van der Waals surface area contributed by atoms with Gasteiger partial charge in [0.1, 0.15) is 11.5 Å². The molecule has 0 spiro atoms. The van der Waals surface area contributed by atoms with Crippen LogP contribution in [-0.4, -0.2) is 13.7 Å². The maximum absolute atomic E-state index is 13.5. The fraction of sp³-hybridized carbons (Fsp3) is 0.281. The fourth-order valence-electron chi connectivity index (χ4n) is 3.65. The number of benzene rings is 3. The Labute approximate surface area is 243 Å². The number of rotatable bonds is 6. The minimum atomic E-state index is -0.900. The van der Waals surface area contributed by atoms with Crippen LogP contribution in [0.5, 0.6) is 11.5 Å². The Bertz CT molecular complexity index is 1680. The summed E-state index contributed by atoms with van der Waals surface area (Å²) in [7, 11) is 0. The largest absolute Gasteiger partial charge is 0.388 e. The first-order valence-electron chi connectivity index (χ1n) is 13.4. The minimum absolute atomic E-state index is 0.168. The van der Waals surface area contributed by atoms with E-state index in [2.05, 4.69) is 27.7 Å². The third kappa shape index (κ3) is 7.23. The molecule has 1 aromatic heterocycles. The second kappa shape index (κ2) is 13.3. The average molecular weight is 568 g/mol. The zero-order valence-corrected chi connectivity index (χ0v) is 24.5. The molecule has 0 aliphatic heterocycles. The summed E-state index contributed by atoms with van der Waals surface area (Å²) >= 11 is 0. The second-order valence-electron chi connectivity index (χ2n) is 10.9. The summed E-state index contributed by atoms with van der Waals surface area (Å²) in [5.41, 5.74) is -0.453. The van der Waals surface area contributed by atoms with Crippen LogP contribution in [0.4, 0.5) is 0 Å². The lowest BCUT2D eigenvalue weighted by molar-refractivity contribution is 0.398. The lowest BCUT2D eigenvalue weighted by Gasteiger charge is -2.15. The van der Waals surface area contributed by atoms with Crippen LogP contribution in [0.2, 0.25) is 0 Å². The van der Waals surface area contributed by atoms with Crippen molar-refractivity contribution in [2.24, 2.45) is 5.41 Å². The summed E-state index contributed by atoms with van der Waals surface area (Å²) < 4.78 is 12.2. The Morgan fingerprint density at radius 1 is 0.643 bits per heavy atom. The van der Waals surface area contributed by atoms with Gasteiger partial charge in [0.25, 0.3) is 12.5 Å². The molecular formula is C32H33N5O5. The zero-order chi connectivity index (χ0) is 31.0. The van der Waals surface area contributed by atoms with Crippen molar-refractivity contribution >= 4 is 0 Å². The number of ether oxygens (including phenoxy) is 2. The SMILES string of the molecule is CC(C)c1ccc(-n2c(=O)n(-c3ccc(OC#N)cc3)c(=O)n(-c3ccc(OC#N)cc3)c2=O)cc1.CCC(C)(C)C. The lowest BCUT2D eigenvalue weighted by atomic mass is 9.94. The molecule has 0 amide bonds. The van der Waals surface area contributed by atoms with E-state index in [4.69, 9.17) is 20.0 Å². The van der Waals surface area contributed by atoms with Crippen molar-refractivity contribution in [3.8, 4) is 41.1 Å². The number of nitriles is 2. The van der Waals surface area contributed by atoms with Crippen LogP contribution >= 0.6 is 0 Å². The smallest absolute Gasteiger partial charge is 0.345 e. The van der Waals surface area contributed by atoms with Gasteiger partial charge in [0.05, 0.1) is 17.1 Å². The monoisotopic (exact) mass is 567 g/mol. The summed E-state index contributed by atoms with van der Waals surface area (Å²) in [6, 6.07) is 18.3. The summed E-state index contributed by atoms with van der Waals surface area (Å²) in [6.07, 6.45) is 4.37. The zero-order valence-electron chi connectivity index (χ0n) is 24.5. The Balaban J connectivity index is 0.000000730. The molecular weight excluding hydrogens is 534 g/mol. The van der Waals surface area contributed by atoms with Crippen molar-refractivity contribution in [2.75, 3.05) is 0 Å². The van der Waals surface area contributed by atoms with Gasteiger partial charge in [-0.05, 0) is 77.6 Å². The molecule has 10 heteroatoms. The molecule has 0 radical (unpaired) electrons. The Kier molecular flexibility index (Phi) is 9.90. The average Bonchev–Trinajstić information content (AvgIpc) is 2.95. The highest BCUT2D eigenvalue weighted by atomic mass is 16.5. The molecule has 0 saturated carbocycles. The van der Waals surface area contributed by atoms with E-state index in [1.54, 1.807) is 24.6 Å². The van der Waals surface area contributed by atoms with Gasteiger partial charge in [-0.2, -0.15) is 0 Å². The highest BCUT2D eigenvalue weighted by Crippen LogP contribution is 2.18. The van der Waals surface area contributed by atoms with E-state index in [9.17, 15) is 14.4 Å². The van der Waals surface area contributed by atoms with E-state index < -0.39 is 17.1 Å². The van der Waals surface area contributed by atoms with E-state index in [0.717, 1.165) is 19.3 Å². The Morgan fingerprint density at radius 3 is 1.17 bits per heavy atom. The van der Waals surface area contributed by atoms with Gasteiger partial charge in [0.2, 0.25) is 0 Å². The van der Waals surface area contributed by atoms with Crippen LogP contribution < -0.4 is 26.5 Å². The molecule has 0 bridgehead atoms. The van der Waals surface area contributed by atoms with Crippen LogP contribution in [0.15, 0.2) is 87.2 Å². The van der Waals surface area contributed by atoms with Crippen molar-refractivity contribution in [1.82, 2.24) is 13.7 Å². The van der Waals surface area contributed by atoms with E-state index in [-0.39, 0.29) is 34.5 Å². The summed E-state index contributed by atoms with van der Waals surface area (Å²) in [6.45, 7) is 13.0. The molecule has 0 unspecified atom stereocenters. The molecule has 4 rings (SSSR count). The van der Waals surface area contributed by atoms with E-state index in [1.807, 2.05) is 26.0 Å². The molecule has 0 fully saturated rings. The minimum Gasteiger partial charge on any atom is -0.388 e. The van der Waals surface area contributed by atoms with Gasteiger partial charge in [-0.3, -0.25) is 0 Å². The highest BCUT2D eigenvalue weighted by molar-refractivity contribution is 5.42. The van der Waals surface area contributed by atoms with Crippen LogP contribution in [0, 0.1) is 28.4 Å². The van der Waals surface area contributed by atoms with Gasteiger partial charge in [-0.15, -0.1) is 10.5 Å². The van der Waals surface area contributed by atoms with Crippen molar-refractivity contribution in [3.05, 3.63) is 110 Å². The summed E-state index contributed by atoms with van der Waals surface area (Å²) in [5, 5.41) is 17.4. The predicted octanol–water partition coefficient (Wildman–Crippen LogP) is 5.42. The fourth-order valence-corrected chi connectivity index (χ4v) is 3.65. The maximum Gasteiger partial charge on any atom is 0.345 e. The van der Waals surface area contributed by atoms with E-state index >= 15 is 0 Å². The molecule has 42 heavy (non-hydrogen) atoms. The quantitative estimate of drug-likeness (QED) is 0.284. The topological polar surface area (TPSA) is 132 Å². The van der Waals surface area contributed by atoms with Gasteiger partial charge in [0, 0.05) is 0 Å². The molecule has 10 nitrogen and oxygen atoms in total. The molecule has 0 N–H and O–H groups in total. The van der Waals surface area contributed by atoms with Crippen molar-refractivity contribution in [2.45, 2.75) is 53.9 Å². The molecule has 216 valence electrons. The molecule has 3 aromatic carbocycles. The Hall–Kier alpha value is -5.35. The number of hydrogen-bond acceptors (Lipinski definition) is 7. The normalized spacial score (nSPS) is 10.7. The van der Waals surface area contributed by atoms with E-state index in [1.165, 1.54) is 55.0 Å². The van der Waals surface area contributed by atoms with E-state index in [0.29, 0.717) is 5.41 Å². The van der Waals surface area contributed by atoms with Gasteiger partial charge in [0.15, 0.2) is 0 Å². The second-order valence-corrected chi connectivity index (χ2v) is 10.9. The first-order chi connectivity index (χ1) is 19.9. The molecule has 1 heterocycles.